The fraction of sp³-hybridized carbons (Fsp3) is 0.462. The number of carbonyl (C=O) groups excluding carboxylic acids is 1. The third-order valence-corrected chi connectivity index (χ3v) is 3.24. The van der Waals surface area contributed by atoms with Crippen molar-refractivity contribution < 1.29 is 4.79 Å². The molecule has 0 spiro atoms. The minimum absolute atomic E-state index is 0.122. The summed E-state index contributed by atoms with van der Waals surface area (Å²) in [5, 5.41) is 2.84. The van der Waals surface area contributed by atoms with Crippen LogP contribution in [0.3, 0.4) is 0 Å². The average molecular weight is 299 g/mol. The molecule has 1 atom stereocenters. The number of amides is 1. The number of halogens is 1. The standard InChI is InChI=1S/C13H19BrN2O/c1-3-4-5-11(15)13(17)16-12-7-6-9(2)8-10(12)14/h6-8,11H,3-5,15H2,1-2H3,(H,16,17)/t11-/m0/s1. The Kier molecular flexibility index (Phi) is 5.65. The average Bonchev–Trinajstić information content (AvgIpc) is 2.29. The van der Waals surface area contributed by atoms with Gasteiger partial charge < -0.3 is 11.1 Å². The van der Waals surface area contributed by atoms with Crippen molar-refractivity contribution in [2.75, 3.05) is 5.32 Å². The van der Waals surface area contributed by atoms with E-state index >= 15 is 0 Å². The fourth-order valence-corrected chi connectivity index (χ4v) is 2.09. The molecule has 0 aliphatic rings. The van der Waals surface area contributed by atoms with Crippen molar-refractivity contribution in [3.05, 3.63) is 28.2 Å². The number of carbonyl (C=O) groups is 1. The Morgan fingerprint density at radius 1 is 1.53 bits per heavy atom. The van der Waals surface area contributed by atoms with Gasteiger partial charge >= 0.3 is 0 Å². The Balaban J connectivity index is 2.61. The van der Waals surface area contributed by atoms with Crippen LogP contribution in [0.4, 0.5) is 5.69 Å². The van der Waals surface area contributed by atoms with Crippen LogP contribution in [-0.4, -0.2) is 11.9 Å². The van der Waals surface area contributed by atoms with E-state index in [2.05, 4.69) is 28.2 Å². The number of hydrogen-bond acceptors (Lipinski definition) is 2. The zero-order valence-electron chi connectivity index (χ0n) is 10.3. The number of aryl methyl sites for hydroxylation is 1. The van der Waals surface area contributed by atoms with E-state index in [1.165, 1.54) is 0 Å². The Morgan fingerprint density at radius 3 is 2.82 bits per heavy atom. The summed E-state index contributed by atoms with van der Waals surface area (Å²) >= 11 is 3.42. The van der Waals surface area contributed by atoms with Crippen LogP contribution in [0, 0.1) is 6.92 Å². The number of nitrogens with one attached hydrogen (secondary N) is 1. The molecular weight excluding hydrogens is 280 g/mol. The molecule has 0 heterocycles. The summed E-state index contributed by atoms with van der Waals surface area (Å²) in [4.78, 5) is 11.8. The molecule has 94 valence electrons. The van der Waals surface area contributed by atoms with Crippen molar-refractivity contribution in [2.45, 2.75) is 39.2 Å². The molecule has 3 nitrogen and oxygen atoms in total. The SMILES string of the molecule is CCCC[C@H](N)C(=O)Nc1ccc(C)cc1Br. The van der Waals surface area contributed by atoms with E-state index in [1.807, 2.05) is 25.1 Å². The Labute approximate surface area is 111 Å². The van der Waals surface area contributed by atoms with Crippen LogP contribution in [0.2, 0.25) is 0 Å². The predicted molar refractivity (Wildman–Crippen MR) is 75.0 cm³/mol. The number of benzene rings is 1. The molecule has 0 saturated carbocycles. The lowest BCUT2D eigenvalue weighted by Crippen LogP contribution is -2.35. The first kappa shape index (κ1) is 14.2. The summed E-state index contributed by atoms with van der Waals surface area (Å²) < 4.78 is 0.883. The summed E-state index contributed by atoms with van der Waals surface area (Å²) in [6, 6.07) is 5.37. The van der Waals surface area contributed by atoms with Crippen molar-refractivity contribution in [1.82, 2.24) is 0 Å². The molecule has 1 rings (SSSR count). The lowest BCUT2D eigenvalue weighted by molar-refractivity contribution is -0.117. The van der Waals surface area contributed by atoms with Gasteiger partial charge in [0.2, 0.25) is 5.91 Å². The molecular formula is C13H19BrN2O. The molecule has 17 heavy (non-hydrogen) atoms. The Morgan fingerprint density at radius 2 is 2.24 bits per heavy atom. The highest BCUT2D eigenvalue weighted by molar-refractivity contribution is 9.10. The van der Waals surface area contributed by atoms with Crippen molar-refractivity contribution >= 4 is 27.5 Å². The van der Waals surface area contributed by atoms with Gasteiger partial charge in [0.25, 0.3) is 0 Å². The predicted octanol–water partition coefficient (Wildman–Crippen LogP) is 3.21. The Bertz CT molecular complexity index is 393. The highest BCUT2D eigenvalue weighted by Gasteiger charge is 2.13. The van der Waals surface area contributed by atoms with Gasteiger partial charge in [-0.1, -0.05) is 25.8 Å². The summed E-state index contributed by atoms with van der Waals surface area (Å²) in [7, 11) is 0. The van der Waals surface area contributed by atoms with Crippen LogP contribution in [0.15, 0.2) is 22.7 Å². The number of unbranched alkanes of at least 4 members (excludes halogenated alkanes) is 1. The first-order chi connectivity index (χ1) is 8.04. The molecule has 1 aromatic carbocycles. The first-order valence-corrected chi connectivity index (χ1v) is 6.66. The summed E-state index contributed by atoms with van der Waals surface area (Å²) in [6.45, 7) is 4.09. The maximum atomic E-state index is 11.8. The van der Waals surface area contributed by atoms with E-state index in [-0.39, 0.29) is 5.91 Å². The topological polar surface area (TPSA) is 55.1 Å². The van der Waals surface area contributed by atoms with Gasteiger partial charge in [-0.3, -0.25) is 4.79 Å². The molecule has 1 amide bonds. The smallest absolute Gasteiger partial charge is 0.241 e. The van der Waals surface area contributed by atoms with Gasteiger partial charge in [-0.2, -0.15) is 0 Å². The van der Waals surface area contributed by atoms with Gasteiger partial charge in [0.15, 0.2) is 0 Å². The van der Waals surface area contributed by atoms with Crippen molar-refractivity contribution in [3.8, 4) is 0 Å². The van der Waals surface area contributed by atoms with Crippen LogP contribution >= 0.6 is 15.9 Å². The van der Waals surface area contributed by atoms with E-state index in [0.717, 1.165) is 35.0 Å². The molecule has 0 aliphatic heterocycles. The Hall–Kier alpha value is -0.870. The second-order valence-corrected chi connectivity index (χ2v) is 5.08. The number of anilines is 1. The van der Waals surface area contributed by atoms with Gasteiger partial charge in [0.05, 0.1) is 11.7 Å². The largest absolute Gasteiger partial charge is 0.324 e. The molecule has 0 aromatic heterocycles. The maximum Gasteiger partial charge on any atom is 0.241 e. The molecule has 0 unspecified atom stereocenters. The zero-order chi connectivity index (χ0) is 12.8. The van der Waals surface area contributed by atoms with Crippen LogP contribution in [-0.2, 0) is 4.79 Å². The second-order valence-electron chi connectivity index (χ2n) is 4.22. The highest BCUT2D eigenvalue weighted by atomic mass is 79.9. The van der Waals surface area contributed by atoms with Gasteiger partial charge in [-0.05, 0) is 47.0 Å². The number of nitrogens with two attached hydrogens (primary N) is 1. The van der Waals surface area contributed by atoms with Crippen LogP contribution in [0.1, 0.15) is 31.7 Å². The van der Waals surface area contributed by atoms with E-state index in [0.29, 0.717) is 0 Å². The first-order valence-electron chi connectivity index (χ1n) is 5.87. The van der Waals surface area contributed by atoms with E-state index in [4.69, 9.17) is 5.73 Å². The lowest BCUT2D eigenvalue weighted by Gasteiger charge is -2.13. The van der Waals surface area contributed by atoms with E-state index in [1.54, 1.807) is 0 Å². The lowest BCUT2D eigenvalue weighted by atomic mass is 10.1. The third kappa shape index (κ3) is 4.48. The van der Waals surface area contributed by atoms with Gasteiger partial charge in [0.1, 0.15) is 0 Å². The monoisotopic (exact) mass is 298 g/mol. The van der Waals surface area contributed by atoms with Gasteiger partial charge in [-0.15, -0.1) is 0 Å². The molecule has 0 fully saturated rings. The van der Waals surface area contributed by atoms with Crippen LogP contribution in [0.5, 0.6) is 0 Å². The third-order valence-electron chi connectivity index (χ3n) is 2.59. The molecule has 0 radical (unpaired) electrons. The summed E-state index contributed by atoms with van der Waals surface area (Å²) in [5.41, 5.74) is 7.72. The van der Waals surface area contributed by atoms with E-state index in [9.17, 15) is 4.79 Å². The van der Waals surface area contributed by atoms with Crippen molar-refractivity contribution in [1.29, 1.82) is 0 Å². The normalized spacial score (nSPS) is 12.2. The minimum atomic E-state index is -0.428. The quantitative estimate of drug-likeness (QED) is 0.877. The number of hydrogen-bond donors (Lipinski definition) is 2. The summed E-state index contributed by atoms with van der Waals surface area (Å²) in [6.07, 6.45) is 2.75. The molecule has 0 bridgehead atoms. The molecule has 4 heteroatoms. The van der Waals surface area contributed by atoms with Crippen molar-refractivity contribution in [2.24, 2.45) is 5.73 Å². The zero-order valence-corrected chi connectivity index (χ0v) is 11.9. The number of rotatable bonds is 5. The van der Waals surface area contributed by atoms with Crippen molar-refractivity contribution in [3.63, 3.8) is 0 Å². The van der Waals surface area contributed by atoms with Crippen LogP contribution in [0.25, 0.3) is 0 Å². The fourth-order valence-electron chi connectivity index (χ4n) is 1.50. The highest BCUT2D eigenvalue weighted by Crippen LogP contribution is 2.23. The maximum absolute atomic E-state index is 11.8. The van der Waals surface area contributed by atoms with E-state index < -0.39 is 6.04 Å². The molecule has 0 aliphatic carbocycles. The summed E-state index contributed by atoms with van der Waals surface area (Å²) in [5.74, 6) is -0.122. The van der Waals surface area contributed by atoms with Gasteiger partial charge in [0, 0.05) is 4.47 Å². The molecule has 0 saturated heterocycles. The van der Waals surface area contributed by atoms with Gasteiger partial charge in [-0.25, -0.2) is 0 Å². The molecule has 3 N–H and O–H groups in total. The minimum Gasteiger partial charge on any atom is -0.324 e. The molecule has 1 aromatic rings. The second kappa shape index (κ2) is 6.77. The van der Waals surface area contributed by atoms with Crippen LogP contribution < -0.4 is 11.1 Å².